The summed E-state index contributed by atoms with van der Waals surface area (Å²) in [4.78, 5) is 27.7. The van der Waals surface area contributed by atoms with Crippen LogP contribution in [0.1, 0.15) is 17.7 Å². The maximum Gasteiger partial charge on any atom is 0.235 e. The van der Waals surface area contributed by atoms with Crippen molar-refractivity contribution in [3.05, 3.63) is 59.9 Å². The third-order valence-corrected chi connectivity index (χ3v) is 6.08. The molecule has 0 radical (unpaired) electrons. The summed E-state index contributed by atoms with van der Waals surface area (Å²) >= 11 is 0. The first-order valence-corrected chi connectivity index (χ1v) is 10.0. The van der Waals surface area contributed by atoms with Crippen molar-refractivity contribution >= 4 is 17.6 Å². The van der Waals surface area contributed by atoms with E-state index in [0.29, 0.717) is 24.7 Å². The van der Waals surface area contributed by atoms with Gasteiger partial charge in [0.2, 0.25) is 11.8 Å². The molecule has 0 unspecified atom stereocenters. The first-order valence-electron chi connectivity index (χ1n) is 10.0. The molecule has 0 saturated carbocycles. The van der Waals surface area contributed by atoms with Crippen molar-refractivity contribution in [1.29, 1.82) is 0 Å². The fourth-order valence-electron chi connectivity index (χ4n) is 4.74. The topological polar surface area (TPSA) is 84.7 Å². The van der Waals surface area contributed by atoms with Gasteiger partial charge in [0.25, 0.3) is 0 Å². The van der Waals surface area contributed by atoms with E-state index in [0.717, 1.165) is 12.8 Å². The van der Waals surface area contributed by atoms with Crippen molar-refractivity contribution in [2.75, 3.05) is 18.0 Å². The number of amides is 2. The van der Waals surface area contributed by atoms with E-state index < -0.39 is 17.4 Å². The summed E-state index contributed by atoms with van der Waals surface area (Å²) in [5.41, 5.74) is 0.497. The van der Waals surface area contributed by atoms with Crippen LogP contribution in [0.5, 0.6) is 0 Å². The predicted octanol–water partition coefficient (Wildman–Crippen LogP) is 2.02. The highest BCUT2D eigenvalue weighted by atomic mass is 16.5. The van der Waals surface area contributed by atoms with Gasteiger partial charge >= 0.3 is 0 Å². The van der Waals surface area contributed by atoms with Gasteiger partial charge in [0.05, 0.1) is 24.5 Å². The Hall–Kier alpha value is -2.93. The van der Waals surface area contributed by atoms with Crippen molar-refractivity contribution < 1.29 is 18.8 Å². The number of anilines is 1. The quantitative estimate of drug-likeness (QED) is 0.600. The molecule has 5 rings (SSSR count). The van der Waals surface area contributed by atoms with E-state index in [2.05, 4.69) is 22.6 Å². The molecule has 150 valence electrons. The fraction of sp³-hybridized carbons (Fsp3) is 0.409. The monoisotopic (exact) mass is 393 g/mol. The largest absolute Gasteiger partial charge is 0.360 e. The molecule has 4 heterocycles. The van der Waals surface area contributed by atoms with Crippen LogP contribution in [0.4, 0.5) is 5.82 Å². The normalized spacial score (nSPS) is 29.5. The van der Waals surface area contributed by atoms with Crippen LogP contribution >= 0.6 is 0 Å². The smallest absolute Gasteiger partial charge is 0.235 e. The summed E-state index contributed by atoms with van der Waals surface area (Å²) < 4.78 is 11.2. The molecule has 2 fully saturated rings. The summed E-state index contributed by atoms with van der Waals surface area (Å²) in [6, 6.07) is 11.9. The molecule has 1 spiro atoms. The van der Waals surface area contributed by atoms with Crippen LogP contribution in [0.2, 0.25) is 0 Å². The van der Waals surface area contributed by atoms with Gasteiger partial charge < -0.3 is 14.6 Å². The molecule has 7 nitrogen and oxygen atoms in total. The number of fused-ring (bicyclic) bond motifs is 1. The molecule has 3 aliphatic heterocycles. The lowest BCUT2D eigenvalue weighted by atomic mass is 9.77. The van der Waals surface area contributed by atoms with Gasteiger partial charge in [-0.25, -0.2) is 0 Å². The lowest BCUT2D eigenvalue weighted by molar-refractivity contribution is -0.131. The summed E-state index contributed by atoms with van der Waals surface area (Å²) in [5, 5.41) is 6.97. The Morgan fingerprint density at radius 2 is 2.17 bits per heavy atom. The van der Waals surface area contributed by atoms with Gasteiger partial charge in [-0.15, -0.1) is 0 Å². The highest BCUT2D eigenvalue weighted by Crippen LogP contribution is 2.52. The van der Waals surface area contributed by atoms with Gasteiger partial charge in [0.1, 0.15) is 11.4 Å². The van der Waals surface area contributed by atoms with Crippen molar-refractivity contribution in [3.63, 3.8) is 0 Å². The third kappa shape index (κ3) is 2.97. The van der Waals surface area contributed by atoms with E-state index in [1.807, 2.05) is 30.4 Å². The van der Waals surface area contributed by atoms with Crippen LogP contribution < -0.4 is 10.2 Å². The van der Waals surface area contributed by atoms with E-state index in [4.69, 9.17) is 9.26 Å². The third-order valence-electron chi connectivity index (χ3n) is 6.08. The van der Waals surface area contributed by atoms with E-state index in [9.17, 15) is 9.59 Å². The predicted molar refractivity (Wildman–Crippen MR) is 105 cm³/mol. The number of carbonyl (C=O) groups is 2. The Kier molecular flexibility index (Phi) is 4.28. The standard InChI is InChI=1S/C22H23N3O4/c1-14-12-17(24-29-14)25-13-22-10-9-16(28-22)18(19(22)21(25)27)20(26)23-11-5-8-15-6-3-2-4-7-15/h2-4,6-7,9-10,12,16,18-19H,5,8,11,13H2,1H3,(H,23,26)/t16-,18-,19+,22+/m1/s1. The zero-order valence-corrected chi connectivity index (χ0v) is 16.2. The van der Waals surface area contributed by atoms with Crippen molar-refractivity contribution in [2.24, 2.45) is 11.8 Å². The number of benzene rings is 1. The zero-order valence-electron chi connectivity index (χ0n) is 16.2. The number of rotatable bonds is 6. The van der Waals surface area contributed by atoms with E-state index >= 15 is 0 Å². The first-order chi connectivity index (χ1) is 14.1. The molecule has 4 atom stereocenters. The van der Waals surface area contributed by atoms with Crippen LogP contribution in [-0.2, 0) is 20.7 Å². The minimum Gasteiger partial charge on any atom is -0.360 e. The van der Waals surface area contributed by atoms with Gasteiger partial charge in [-0.05, 0) is 25.3 Å². The van der Waals surface area contributed by atoms with Gasteiger partial charge in [0, 0.05) is 12.6 Å². The minimum absolute atomic E-state index is 0.120. The van der Waals surface area contributed by atoms with Gasteiger partial charge in [0.15, 0.2) is 5.82 Å². The van der Waals surface area contributed by atoms with Crippen LogP contribution in [-0.4, -0.2) is 41.8 Å². The number of hydrogen-bond donors (Lipinski definition) is 1. The molecule has 2 aromatic rings. The fourth-order valence-corrected chi connectivity index (χ4v) is 4.74. The summed E-state index contributed by atoms with van der Waals surface area (Å²) in [7, 11) is 0. The Morgan fingerprint density at radius 3 is 2.93 bits per heavy atom. The summed E-state index contributed by atoms with van der Waals surface area (Å²) in [5.74, 6) is -0.180. The number of ether oxygens (including phenoxy) is 1. The van der Waals surface area contributed by atoms with Crippen molar-refractivity contribution in [3.8, 4) is 0 Å². The molecular weight excluding hydrogens is 370 g/mol. The van der Waals surface area contributed by atoms with E-state index in [-0.39, 0.29) is 17.9 Å². The molecule has 3 aliphatic rings. The van der Waals surface area contributed by atoms with Crippen LogP contribution in [0.15, 0.2) is 53.1 Å². The maximum atomic E-state index is 13.2. The van der Waals surface area contributed by atoms with E-state index in [1.165, 1.54) is 5.56 Å². The van der Waals surface area contributed by atoms with Crippen molar-refractivity contribution in [1.82, 2.24) is 10.5 Å². The molecule has 1 aromatic carbocycles. The van der Waals surface area contributed by atoms with Crippen LogP contribution in [0, 0.1) is 18.8 Å². The van der Waals surface area contributed by atoms with Crippen LogP contribution in [0.25, 0.3) is 0 Å². The lowest BCUT2D eigenvalue weighted by Gasteiger charge is -2.23. The van der Waals surface area contributed by atoms with Crippen molar-refractivity contribution in [2.45, 2.75) is 31.5 Å². The molecule has 1 aromatic heterocycles. The molecule has 0 aliphatic carbocycles. The molecule has 1 N–H and O–H groups in total. The number of hydrogen-bond acceptors (Lipinski definition) is 5. The second-order valence-electron chi connectivity index (χ2n) is 8.00. The second-order valence-corrected chi connectivity index (χ2v) is 8.00. The maximum absolute atomic E-state index is 13.2. The Bertz CT molecular complexity index is 969. The number of aryl methyl sites for hydroxylation is 2. The minimum atomic E-state index is -0.749. The average Bonchev–Trinajstić information content (AvgIpc) is 3.47. The highest BCUT2D eigenvalue weighted by Gasteiger charge is 2.67. The average molecular weight is 393 g/mol. The zero-order chi connectivity index (χ0) is 20.0. The first kappa shape index (κ1) is 18.1. The SMILES string of the molecule is Cc1cc(N2C[C@]34C=C[C@@H](O3)[C@@H](C(=O)NCCCc3ccccc3)[C@H]4C2=O)no1. The number of nitrogens with one attached hydrogen (secondary N) is 1. The molecule has 2 amide bonds. The summed E-state index contributed by atoms with van der Waals surface area (Å²) in [6.45, 7) is 2.71. The molecule has 2 saturated heterocycles. The Labute approximate surface area is 168 Å². The number of carbonyl (C=O) groups excluding carboxylic acids is 2. The second kappa shape index (κ2) is 6.84. The Morgan fingerprint density at radius 1 is 1.34 bits per heavy atom. The highest BCUT2D eigenvalue weighted by molar-refractivity contribution is 6.02. The van der Waals surface area contributed by atoms with Gasteiger partial charge in [-0.3, -0.25) is 14.5 Å². The number of nitrogens with zero attached hydrogens (tertiary/aromatic N) is 2. The lowest BCUT2D eigenvalue weighted by Crippen LogP contribution is -2.44. The summed E-state index contributed by atoms with van der Waals surface area (Å²) in [6.07, 6.45) is 5.25. The van der Waals surface area contributed by atoms with Gasteiger partial charge in [-0.1, -0.05) is 47.6 Å². The molecule has 29 heavy (non-hydrogen) atoms. The Balaban J connectivity index is 1.26. The molecular formula is C22H23N3O4. The molecule has 7 heteroatoms. The molecule has 2 bridgehead atoms. The van der Waals surface area contributed by atoms with Crippen LogP contribution in [0.3, 0.4) is 0 Å². The number of aromatic nitrogens is 1. The van der Waals surface area contributed by atoms with Gasteiger partial charge in [-0.2, -0.15) is 0 Å². The van der Waals surface area contributed by atoms with E-state index in [1.54, 1.807) is 17.9 Å².